The third-order valence-corrected chi connectivity index (χ3v) is 6.06. The Kier molecular flexibility index (Phi) is 4.81. The summed E-state index contributed by atoms with van der Waals surface area (Å²) in [6.07, 6.45) is 0.403. The minimum Gasteiger partial charge on any atom is -0.504 e. The zero-order valence-corrected chi connectivity index (χ0v) is 17.9. The summed E-state index contributed by atoms with van der Waals surface area (Å²) in [5.74, 6) is 1.65. The van der Waals surface area contributed by atoms with Crippen LogP contribution in [-0.4, -0.2) is 22.9 Å². The lowest BCUT2D eigenvalue weighted by atomic mass is 9.94. The molecule has 2 unspecified atom stereocenters. The minimum atomic E-state index is -0.409. The summed E-state index contributed by atoms with van der Waals surface area (Å²) in [5, 5.41) is 17.7. The van der Waals surface area contributed by atoms with Crippen molar-refractivity contribution in [3.8, 4) is 17.2 Å². The van der Waals surface area contributed by atoms with E-state index in [9.17, 15) is 5.11 Å². The van der Waals surface area contributed by atoms with Gasteiger partial charge in [-0.1, -0.05) is 62.4 Å². The Morgan fingerprint density at radius 1 is 1.06 bits per heavy atom. The third-order valence-electron chi connectivity index (χ3n) is 6.06. The summed E-state index contributed by atoms with van der Waals surface area (Å²) >= 11 is 0. The van der Waals surface area contributed by atoms with Gasteiger partial charge in [-0.25, -0.2) is 5.01 Å². The fourth-order valence-corrected chi connectivity index (χ4v) is 4.45. The van der Waals surface area contributed by atoms with Gasteiger partial charge in [0.1, 0.15) is 5.75 Å². The summed E-state index contributed by atoms with van der Waals surface area (Å²) in [5.41, 5.74) is 5.06. The van der Waals surface area contributed by atoms with E-state index in [0.717, 1.165) is 40.1 Å². The van der Waals surface area contributed by atoms with Crippen LogP contribution in [0.1, 0.15) is 60.7 Å². The molecule has 0 spiro atoms. The molecule has 3 aromatic carbocycles. The summed E-state index contributed by atoms with van der Waals surface area (Å²) in [6.45, 7) is 4.11. The zero-order chi connectivity index (χ0) is 21.5. The van der Waals surface area contributed by atoms with Crippen molar-refractivity contribution in [2.75, 3.05) is 7.11 Å². The first-order valence-corrected chi connectivity index (χ1v) is 10.6. The van der Waals surface area contributed by atoms with E-state index in [1.165, 1.54) is 0 Å². The van der Waals surface area contributed by atoms with E-state index in [1.54, 1.807) is 7.11 Å². The van der Waals surface area contributed by atoms with E-state index in [2.05, 4.69) is 37.1 Å². The first kappa shape index (κ1) is 19.5. The maximum atomic E-state index is 10.6. The Morgan fingerprint density at radius 2 is 1.81 bits per heavy atom. The second-order valence-corrected chi connectivity index (χ2v) is 8.34. The SMILES string of the molecule is COc1cc(C2Oc3ccccc3C3CC(c4ccccc4)=NN32)cc(C(C)C)c1O. The fraction of sp³-hybridized carbons (Fsp3) is 0.269. The first-order valence-electron chi connectivity index (χ1n) is 10.6. The highest BCUT2D eigenvalue weighted by Crippen LogP contribution is 2.49. The molecule has 0 fully saturated rings. The Balaban J connectivity index is 1.63. The molecule has 0 radical (unpaired) electrons. The highest BCUT2D eigenvalue weighted by molar-refractivity contribution is 6.01. The van der Waals surface area contributed by atoms with Gasteiger partial charge < -0.3 is 14.6 Å². The number of fused-ring (bicyclic) bond motifs is 3. The molecule has 5 nitrogen and oxygen atoms in total. The lowest BCUT2D eigenvalue weighted by Gasteiger charge is -2.38. The molecule has 0 amide bonds. The lowest BCUT2D eigenvalue weighted by Crippen LogP contribution is -2.33. The van der Waals surface area contributed by atoms with Crippen molar-refractivity contribution in [1.82, 2.24) is 5.01 Å². The van der Waals surface area contributed by atoms with Crippen molar-refractivity contribution in [2.24, 2.45) is 5.10 Å². The standard InChI is InChI=1S/C26H26N2O3/c1-16(2)20-13-18(14-24(30-3)25(20)29)26-28-22(19-11-7-8-12-23(19)31-26)15-21(27-28)17-9-5-4-6-10-17/h4-14,16,22,26,29H,15H2,1-3H3. The van der Waals surface area contributed by atoms with E-state index >= 15 is 0 Å². The Bertz CT molecular complexity index is 1140. The Morgan fingerprint density at radius 3 is 2.55 bits per heavy atom. The van der Waals surface area contributed by atoms with Gasteiger partial charge in [0, 0.05) is 23.1 Å². The molecule has 2 atom stereocenters. The maximum absolute atomic E-state index is 10.6. The van der Waals surface area contributed by atoms with Crippen molar-refractivity contribution in [3.63, 3.8) is 0 Å². The predicted octanol–water partition coefficient (Wildman–Crippen LogP) is 5.77. The number of hydrogen-bond acceptors (Lipinski definition) is 5. The molecular formula is C26H26N2O3. The van der Waals surface area contributed by atoms with Gasteiger partial charge in [-0.3, -0.25) is 0 Å². The number of nitrogens with zero attached hydrogens (tertiary/aromatic N) is 2. The summed E-state index contributed by atoms with van der Waals surface area (Å²) in [7, 11) is 1.57. The number of rotatable bonds is 4. The highest BCUT2D eigenvalue weighted by atomic mass is 16.5. The van der Waals surface area contributed by atoms with Gasteiger partial charge in [-0.15, -0.1) is 0 Å². The molecule has 5 heteroatoms. The Labute approximate surface area is 182 Å². The molecule has 3 aromatic rings. The second-order valence-electron chi connectivity index (χ2n) is 8.34. The van der Waals surface area contributed by atoms with Gasteiger partial charge in [0.15, 0.2) is 11.5 Å². The van der Waals surface area contributed by atoms with Crippen molar-refractivity contribution in [3.05, 3.63) is 89.0 Å². The van der Waals surface area contributed by atoms with Gasteiger partial charge in [0.05, 0.1) is 18.9 Å². The van der Waals surface area contributed by atoms with Gasteiger partial charge in [-0.2, -0.15) is 5.10 Å². The van der Waals surface area contributed by atoms with Crippen LogP contribution in [0.3, 0.4) is 0 Å². The molecule has 0 saturated carbocycles. The molecule has 1 N–H and O–H groups in total. The molecule has 0 bridgehead atoms. The Hall–Kier alpha value is -3.47. The first-order chi connectivity index (χ1) is 15.1. The average molecular weight is 415 g/mol. The normalized spacial score (nSPS) is 19.5. The van der Waals surface area contributed by atoms with Crippen LogP contribution < -0.4 is 9.47 Å². The monoisotopic (exact) mass is 414 g/mol. The molecule has 31 heavy (non-hydrogen) atoms. The number of phenolic OH excluding ortho intramolecular Hbond substituents is 1. The van der Waals surface area contributed by atoms with E-state index in [-0.39, 0.29) is 17.7 Å². The number of benzene rings is 3. The largest absolute Gasteiger partial charge is 0.504 e. The molecule has 0 aromatic heterocycles. The maximum Gasteiger partial charge on any atom is 0.214 e. The number of hydrogen-bond donors (Lipinski definition) is 1. The topological polar surface area (TPSA) is 54.3 Å². The van der Waals surface area contributed by atoms with Crippen LogP contribution in [0, 0.1) is 0 Å². The summed E-state index contributed by atoms with van der Waals surface area (Å²) < 4.78 is 12.0. The fourth-order valence-electron chi connectivity index (χ4n) is 4.45. The van der Waals surface area contributed by atoms with Crippen LogP contribution in [0.5, 0.6) is 17.2 Å². The molecule has 158 valence electrons. The number of ether oxygens (including phenoxy) is 2. The van der Waals surface area contributed by atoms with E-state index in [1.807, 2.05) is 48.5 Å². The smallest absolute Gasteiger partial charge is 0.214 e. The summed E-state index contributed by atoms with van der Waals surface area (Å²) in [6, 6.07) is 22.4. The lowest BCUT2D eigenvalue weighted by molar-refractivity contribution is -0.0192. The van der Waals surface area contributed by atoms with Crippen molar-refractivity contribution >= 4 is 5.71 Å². The van der Waals surface area contributed by atoms with Gasteiger partial charge >= 0.3 is 0 Å². The second kappa shape index (κ2) is 7.65. The van der Waals surface area contributed by atoms with Gasteiger partial charge in [0.2, 0.25) is 6.23 Å². The van der Waals surface area contributed by atoms with Crippen molar-refractivity contribution in [2.45, 2.75) is 38.5 Å². The molecule has 0 saturated heterocycles. The molecule has 2 aliphatic heterocycles. The van der Waals surface area contributed by atoms with Crippen molar-refractivity contribution in [1.29, 1.82) is 0 Å². The van der Waals surface area contributed by atoms with E-state index in [0.29, 0.717) is 5.75 Å². The predicted molar refractivity (Wildman–Crippen MR) is 121 cm³/mol. The number of hydrazone groups is 1. The number of para-hydroxylation sites is 1. The molecule has 2 heterocycles. The van der Waals surface area contributed by atoms with Crippen molar-refractivity contribution < 1.29 is 14.6 Å². The van der Waals surface area contributed by atoms with Gasteiger partial charge in [-0.05, 0) is 29.7 Å². The van der Waals surface area contributed by atoms with E-state index in [4.69, 9.17) is 14.6 Å². The van der Waals surface area contributed by atoms with Crippen LogP contribution in [0.15, 0.2) is 71.8 Å². The molecular weight excluding hydrogens is 388 g/mol. The zero-order valence-electron chi connectivity index (χ0n) is 17.9. The average Bonchev–Trinajstić information content (AvgIpc) is 3.25. The van der Waals surface area contributed by atoms with Crippen LogP contribution in [0.4, 0.5) is 0 Å². The van der Waals surface area contributed by atoms with Crippen LogP contribution in [-0.2, 0) is 0 Å². The van der Waals surface area contributed by atoms with Crippen LogP contribution in [0.25, 0.3) is 0 Å². The van der Waals surface area contributed by atoms with Crippen LogP contribution >= 0.6 is 0 Å². The summed E-state index contributed by atoms with van der Waals surface area (Å²) in [4.78, 5) is 0. The number of aromatic hydroxyl groups is 1. The highest BCUT2D eigenvalue weighted by Gasteiger charge is 2.41. The molecule has 5 rings (SSSR count). The molecule has 0 aliphatic carbocycles. The molecule has 2 aliphatic rings. The third kappa shape index (κ3) is 3.30. The minimum absolute atomic E-state index is 0.0902. The quantitative estimate of drug-likeness (QED) is 0.589. The van der Waals surface area contributed by atoms with E-state index < -0.39 is 6.23 Å². The number of phenols is 1. The number of methoxy groups -OCH3 is 1. The van der Waals surface area contributed by atoms with Gasteiger partial charge in [0.25, 0.3) is 0 Å². The van der Waals surface area contributed by atoms with Crippen LogP contribution in [0.2, 0.25) is 0 Å².